The second kappa shape index (κ2) is 6.78. The van der Waals surface area contributed by atoms with Crippen LogP contribution in [-0.2, 0) is 4.79 Å². The molecule has 1 aromatic rings. The maximum atomic E-state index is 12.4. The fraction of sp³-hybridized carbons (Fsp3) is 0.545. The molecule has 0 aliphatic heterocycles. The van der Waals surface area contributed by atoms with Crippen LogP contribution in [0.3, 0.4) is 0 Å². The molecule has 0 unspecified atom stereocenters. The molecule has 3 nitrogen and oxygen atoms in total. The number of allylic oxidation sites excluding steroid dienone is 1. The lowest BCUT2D eigenvalue weighted by Crippen LogP contribution is -2.28. The molecule has 0 amide bonds. The first kappa shape index (κ1) is 16.6. The van der Waals surface area contributed by atoms with E-state index in [-0.39, 0.29) is 5.76 Å². The number of ketones is 2. The highest BCUT2D eigenvalue weighted by atomic mass is 16.3. The standard InChI is InChI=1S/C22H26O3/c23-20-17-7-3-4-8-18(17)21(24)22(25)19(20)12-10-14-9-11-15-5-1-2-6-16(15)13-14/h3-4,7-8,14-16,23H,1-2,5-6,9-13H2/t14-,15+,16+/m0/s1. The van der Waals surface area contributed by atoms with E-state index in [1.54, 1.807) is 24.3 Å². The molecule has 0 heterocycles. The first-order valence-electron chi connectivity index (χ1n) is 9.75. The quantitative estimate of drug-likeness (QED) is 0.779. The Kier molecular flexibility index (Phi) is 4.49. The maximum Gasteiger partial charge on any atom is 0.234 e. The average Bonchev–Trinajstić information content (AvgIpc) is 2.66. The smallest absolute Gasteiger partial charge is 0.234 e. The van der Waals surface area contributed by atoms with Crippen molar-refractivity contribution in [1.29, 1.82) is 0 Å². The lowest BCUT2D eigenvalue weighted by atomic mass is 9.66. The van der Waals surface area contributed by atoms with Crippen molar-refractivity contribution in [3.05, 3.63) is 41.0 Å². The first-order valence-corrected chi connectivity index (χ1v) is 9.75. The van der Waals surface area contributed by atoms with Gasteiger partial charge in [-0.3, -0.25) is 9.59 Å². The molecular weight excluding hydrogens is 312 g/mol. The van der Waals surface area contributed by atoms with Crippen molar-refractivity contribution in [3.63, 3.8) is 0 Å². The summed E-state index contributed by atoms with van der Waals surface area (Å²) >= 11 is 0. The van der Waals surface area contributed by atoms with Gasteiger partial charge in [0.1, 0.15) is 5.76 Å². The summed E-state index contributed by atoms with van der Waals surface area (Å²) in [5, 5.41) is 10.5. The summed E-state index contributed by atoms with van der Waals surface area (Å²) in [6.45, 7) is 0. The molecule has 2 fully saturated rings. The number of Topliss-reactive ketones (excluding diaryl/α,β-unsaturated/α-hetero) is 2. The Morgan fingerprint density at radius 1 is 0.880 bits per heavy atom. The van der Waals surface area contributed by atoms with Gasteiger partial charge in [0.25, 0.3) is 0 Å². The largest absolute Gasteiger partial charge is 0.507 e. The highest BCUT2D eigenvalue weighted by Crippen LogP contribution is 2.44. The van der Waals surface area contributed by atoms with Crippen LogP contribution in [0.2, 0.25) is 0 Å². The van der Waals surface area contributed by atoms with E-state index in [4.69, 9.17) is 0 Å². The number of carbonyl (C=O) groups is 2. The molecule has 0 aromatic heterocycles. The fourth-order valence-electron chi connectivity index (χ4n) is 5.23. The number of fused-ring (bicyclic) bond motifs is 2. The van der Waals surface area contributed by atoms with E-state index in [1.165, 1.54) is 44.9 Å². The topological polar surface area (TPSA) is 54.4 Å². The van der Waals surface area contributed by atoms with Crippen molar-refractivity contribution in [1.82, 2.24) is 0 Å². The van der Waals surface area contributed by atoms with E-state index in [0.29, 0.717) is 29.0 Å². The molecule has 3 atom stereocenters. The minimum absolute atomic E-state index is 0.0200. The van der Waals surface area contributed by atoms with Crippen LogP contribution in [0.1, 0.15) is 73.7 Å². The molecule has 3 aliphatic carbocycles. The Morgan fingerprint density at radius 2 is 1.60 bits per heavy atom. The molecule has 132 valence electrons. The zero-order valence-corrected chi connectivity index (χ0v) is 14.7. The van der Waals surface area contributed by atoms with Gasteiger partial charge >= 0.3 is 0 Å². The van der Waals surface area contributed by atoms with Gasteiger partial charge in [0.05, 0.1) is 0 Å². The van der Waals surface area contributed by atoms with Gasteiger partial charge in [-0.2, -0.15) is 0 Å². The number of carbonyl (C=O) groups excluding carboxylic acids is 2. The number of hydrogen-bond acceptors (Lipinski definition) is 3. The van der Waals surface area contributed by atoms with E-state index < -0.39 is 11.6 Å². The van der Waals surface area contributed by atoms with Crippen LogP contribution in [0.5, 0.6) is 0 Å². The lowest BCUT2D eigenvalue weighted by molar-refractivity contribution is -0.112. The second-order valence-corrected chi connectivity index (χ2v) is 8.05. The van der Waals surface area contributed by atoms with Crippen molar-refractivity contribution < 1.29 is 14.7 Å². The van der Waals surface area contributed by atoms with Crippen molar-refractivity contribution in [3.8, 4) is 0 Å². The Bertz CT molecular complexity index is 731. The summed E-state index contributed by atoms with van der Waals surface area (Å²) in [4.78, 5) is 24.7. The molecule has 1 N–H and O–H groups in total. The first-order chi connectivity index (χ1) is 12.1. The summed E-state index contributed by atoms with van der Waals surface area (Å²) in [5.74, 6) is 1.44. The molecule has 0 bridgehead atoms. The van der Waals surface area contributed by atoms with E-state index in [1.807, 2.05) is 0 Å². The molecule has 25 heavy (non-hydrogen) atoms. The van der Waals surface area contributed by atoms with Gasteiger partial charge in [0, 0.05) is 16.7 Å². The number of rotatable bonds is 3. The van der Waals surface area contributed by atoms with Gasteiger partial charge in [0.15, 0.2) is 0 Å². The monoisotopic (exact) mass is 338 g/mol. The molecule has 0 spiro atoms. The molecule has 3 heteroatoms. The Morgan fingerprint density at radius 3 is 2.40 bits per heavy atom. The van der Waals surface area contributed by atoms with E-state index >= 15 is 0 Å². The highest BCUT2D eigenvalue weighted by Gasteiger charge is 2.35. The third-order valence-electron chi connectivity index (χ3n) is 6.64. The molecule has 0 radical (unpaired) electrons. The molecule has 3 aliphatic rings. The average molecular weight is 338 g/mol. The van der Waals surface area contributed by atoms with Crippen LogP contribution in [0.25, 0.3) is 5.76 Å². The van der Waals surface area contributed by atoms with Gasteiger partial charge in [-0.25, -0.2) is 0 Å². The zero-order valence-electron chi connectivity index (χ0n) is 14.7. The number of aliphatic hydroxyl groups is 1. The SMILES string of the molecule is O=C1C(=O)c2ccccc2C(O)=C1CC[C@@H]1CC[C@H]2CCCC[C@@H]2C1. The van der Waals surface area contributed by atoms with Crippen LogP contribution in [-0.4, -0.2) is 16.7 Å². The van der Waals surface area contributed by atoms with Gasteiger partial charge in [-0.05, 0) is 43.4 Å². The summed E-state index contributed by atoms with van der Waals surface area (Å²) < 4.78 is 0. The number of benzene rings is 1. The Labute approximate surface area is 149 Å². The number of hydrogen-bond donors (Lipinski definition) is 1. The summed E-state index contributed by atoms with van der Waals surface area (Å²) in [6.07, 6.45) is 10.7. The molecular formula is C22H26O3. The lowest BCUT2D eigenvalue weighted by Gasteiger charge is -2.39. The predicted octanol–water partition coefficient (Wildman–Crippen LogP) is 5.11. The van der Waals surface area contributed by atoms with Crippen LogP contribution >= 0.6 is 0 Å². The van der Waals surface area contributed by atoms with Crippen molar-refractivity contribution >= 4 is 17.3 Å². The van der Waals surface area contributed by atoms with E-state index in [2.05, 4.69) is 0 Å². The molecule has 2 saturated carbocycles. The fourth-order valence-corrected chi connectivity index (χ4v) is 5.23. The minimum Gasteiger partial charge on any atom is -0.507 e. The van der Waals surface area contributed by atoms with Crippen molar-refractivity contribution in [2.45, 2.75) is 57.8 Å². The zero-order chi connectivity index (χ0) is 17.4. The maximum absolute atomic E-state index is 12.4. The van der Waals surface area contributed by atoms with Crippen LogP contribution in [0.4, 0.5) is 0 Å². The third kappa shape index (κ3) is 3.05. The van der Waals surface area contributed by atoms with Crippen LogP contribution in [0, 0.1) is 17.8 Å². The molecule has 4 rings (SSSR count). The predicted molar refractivity (Wildman–Crippen MR) is 97.4 cm³/mol. The van der Waals surface area contributed by atoms with Gasteiger partial charge in [-0.1, -0.05) is 56.4 Å². The molecule has 1 aromatic carbocycles. The number of aliphatic hydroxyl groups excluding tert-OH is 1. The van der Waals surface area contributed by atoms with Crippen molar-refractivity contribution in [2.75, 3.05) is 0 Å². The third-order valence-corrected chi connectivity index (χ3v) is 6.64. The second-order valence-electron chi connectivity index (χ2n) is 8.05. The highest BCUT2D eigenvalue weighted by molar-refractivity contribution is 6.52. The van der Waals surface area contributed by atoms with Gasteiger partial charge in [0.2, 0.25) is 11.6 Å². The Balaban J connectivity index is 1.47. The normalized spacial score (nSPS) is 29.4. The summed E-state index contributed by atoms with van der Waals surface area (Å²) in [5.41, 5.74) is 1.17. The van der Waals surface area contributed by atoms with E-state index in [9.17, 15) is 14.7 Å². The van der Waals surface area contributed by atoms with Gasteiger partial charge in [-0.15, -0.1) is 0 Å². The van der Waals surface area contributed by atoms with Crippen LogP contribution in [0.15, 0.2) is 29.8 Å². The summed E-state index contributed by atoms with van der Waals surface area (Å²) in [6, 6.07) is 6.86. The van der Waals surface area contributed by atoms with E-state index in [0.717, 1.165) is 18.3 Å². The Hall–Kier alpha value is -1.90. The van der Waals surface area contributed by atoms with Gasteiger partial charge < -0.3 is 5.11 Å². The van der Waals surface area contributed by atoms with Crippen LogP contribution < -0.4 is 0 Å². The molecule has 0 saturated heterocycles. The minimum atomic E-state index is -0.512. The summed E-state index contributed by atoms with van der Waals surface area (Å²) in [7, 11) is 0. The van der Waals surface area contributed by atoms with Crippen molar-refractivity contribution in [2.24, 2.45) is 17.8 Å².